The van der Waals surface area contributed by atoms with Crippen LogP contribution in [0.25, 0.3) is 0 Å². The van der Waals surface area contributed by atoms with Gasteiger partial charge in [-0.05, 0) is 23.1 Å². The molecular formula is C21H25ClN2O2. The highest BCUT2D eigenvalue weighted by Gasteiger charge is 2.32. The number of halogens is 1. The van der Waals surface area contributed by atoms with Crippen molar-refractivity contribution in [1.82, 2.24) is 10.2 Å². The summed E-state index contributed by atoms with van der Waals surface area (Å²) < 4.78 is 5.50. The highest BCUT2D eigenvalue weighted by molar-refractivity contribution is 5.85. The molecule has 0 saturated carbocycles. The van der Waals surface area contributed by atoms with E-state index in [0.29, 0.717) is 19.6 Å². The second-order valence-electron chi connectivity index (χ2n) is 6.85. The second-order valence-corrected chi connectivity index (χ2v) is 6.85. The van der Waals surface area contributed by atoms with Crippen molar-refractivity contribution >= 4 is 18.3 Å². The summed E-state index contributed by atoms with van der Waals surface area (Å²) in [5, 5.41) is 3.39. The van der Waals surface area contributed by atoms with Crippen molar-refractivity contribution in [3.8, 4) is 0 Å². The zero-order chi connectivity index (χ0) is 17.1. The van der Waals surface area contributed by atoms with Crippen molar-refractivity contribution in [3.63, 3.8) is 0 Å². The van der Waals surface area contributed by atoms with E-state index in [0.717, 1.165) is 19.6 Å². The van der Waals surface area contributed by atoms with E-state index < -0.39 is 0 Å². The molecule has 0 radical (unpaired) electrons. The first-order valence-corrected chi connectivity index (χ1v) is 9.03. The monoisotopic (exact) mass is 372 g/mol. The summed E-state index contributed by atoms with van der Waals surface area (Å²) in [7, 11) is 0. The Bertz CT molecular complexity index is 732. The first kappa shape index (κ1) is 18.9. The number of carbonyl (C=O) groups excluding carboxylic acids is 1. The summed E-state index contributed by atoms with van der Waals surface area (Å²) in [6.45, 7) is 2.85. The molecule has 1 N–H and O–H groups in total. The number of amides is 1. The van der Waals surface area contributed by atoms with Crippen LogP contribution in [0, 0.1) is 0 Å². The highest BCUT2D eigenvalue weighted by Crippen LogP contribution is 2.33. The van der Waals surface area contributed by atoms with E-state index in [9.17, 15) is 4.79 Å². The predicted octanol–water partition coefficient (Wildman–Crippen LogP) is 3.11. The van der Waals surface area contributed by atoms with Gasteiger partial charge < -0.3 is 15.0 Å². The lowest BCUT2D eigenvalue weighted by Crippen LogP contribution is -2.46. The maximum atomic E-state index is 13.1. The minimum atomic E-state index is 0. The lowest BCUT2D eigenvalue weighted by atomic mass is 9.89. The lowest BCUT2D eigenvalue weighted by Gasteiger charge is -2.38. The average Bonchev–Trinajstić information content (AvgIpc) is 2.68. The van der Waals surface area contributed by atoms with Gasteiger partial charge in [0.05, 0.1) is 19.3 Å². The van der Waals surface area contributed by atoms with Crippen molar-refractivity contribution in [3.05, 3.63) is 71.3 Å². The van der Waals surface area contributed by atoms with Gasteiger partial charge in [0.2, 0.25) is 5.91 Å². The summed E-state index contributed by atoms with van der Waals surface area (Å²) in [4.78, 5) is 15.1. The fourth-order valence-electron chi connectivity index (χ4n) is 3.84. The average molecular weight is 373 g/mol. The fraction of sp³-hybridized carbons (Fsp3) is 0.381. The molecule has 0 aliphatic carbocycles. The Labute approximate surface area is 160 Å². The van der Waals surface area contributed by atoms with Gasteiger partial charge >= 0.3 is 0 Å². The number of hydrogen-bond acceptors (Lipinski definition) is 3. The molecule has 2 aromatic carbocycles. The van der Waals surface area contributed by atoms with Crippen LogP contribution in [-0.2, 0) is 22.5 Å². The summed E-state index contributed by atoms with van der Waals surface area (Å²) in [6.07, 6.45) is 1.37. The Morgan fingerprint density at radius 1 is 1.08 bits per heavy atom. The molecule has 2 atom stereocenters. The van der Waals surface area contributed by atoms with Crippen LogP contribution in [0.2, 0.25) is 0 Å². The molecule has 2 unspecified atom stereocenters. The quantitative estimate of drug-likeness (QED) is 0.900. The van der Waals surface area contributed by atoms with Gasteiger partial charge in [-0.15, -0.1) is 12.4 Å². The van der Waals surface area contributed by atoms with E-state index in [1.807, 2.05) is 11.0 Å². The van der Waals surface area contributed by atoms with Crippen LogP contribution in [0.5, 0.6) is 0 Å². The molecular weight excluding hydrogens is 348 g/mol. The van der Waals surface area contributed by atoms with Gasteiger partial charge in [0, 0.05) is 25.6 Å². The van der Waals surface area contributed by atoms with E-state index in [1.165, 1.54) is 16.7 Å². The number of benzene rings is 2. The molecule has 0 spiro atoms. The molecule has 5 heteroatoms. The summed E-state index contributed by atoms with van der Waals surface area (Å²) in [5.74, 6) is 0.200. The van der Waals surface area contributed by atoms with E-state index in [2.05, 4.69) is 53.8 Å². The van der Waals surface area contributed by atoms with Gasteiger partial charge in [0.1, 0.15) is 0 Å². The van der Waals surface area contributed by atoms with E-state index in [1.54, 1.807) is 0 Å². The molecule has 1 saturated heterocycles. The van der Waals surface area contributed by atoms with Crippen LogP contribution in [0.4, 0.5) is 0 Å². The first-order valence-electron chi connectivity index (χ1n) is 9.03. The predicted molar refractivity (Wildman–Crippen MR) is 104 cm³/mol. The molecule has 1 amide bonds. The molecule has 2 aliphatic heterocycles. The Kier molecular flexibility index (Phi) is 6.30. The van der Waals surface area contributed by atoms with E-state index in [4.69, 9.17) is 4.74 Å². The van der Waals surface area contributed by atoms with Crippen LogP contribution < -0.4 is 5.32 Å². The Morgan fingerprint density at radius 3 is 2.54 bits per heavy atom. The van der Waals surface area contributed by atoms with Gasteiger partial charge in [-0.3, -0.25) is 4.79 Å². The molecule has 26 heavy (non-hydrogen) atoms. The van der Waals surface area contributed by atoms with E-state index in [-0.39, 0.29) is 30.4 Å². The normalized spacial score (nSPS) is 22.2. The summed E-state index contributed by atoms with van der Waals surface area (Å²) >= 11 is 0. The third-order valence-electron chi connectivity index (χ3n) is 5.17. The lowest BCUT2D eigenvalue weighted by molar-refractivity contribution is -0.136. The van der Waals surface area contributed by atoms with Crippen molar-refractivity contribution in [1.29, 1.82) is 0 Å². The largest absolute Gasteiger partial charge is 0.378 e. The Hall–Kier alpha value is -1.88. The zero-order valence-electron chi connectivity index (χ0n) is 14.8. The fourth-order valence-corrected chi connectivity index (χ4v) is 3.84. The number of carbonyl (C=O) groups is 1. The third kappa shape index (κ3) is 4.09. The maximum absolute atomic E-state index is 13.1. The molecule has 1 fully saturated rings. The molecule has 2 aromatic rings. The molecule has 4 rings (SSSR count). The Morgan fingerprint density at radius 2 is 1.81 bits per heavy atom. The van der Waals surface area contributed by atoms with Gasteiger partial charge in [0.15, 0.2) is 0 Å². The highest BCUT2D eigenvalue weighted by atomic mass is 35.5. The van der Waals surface area contributed by atoms with Crippen LogP contribution in [0.3, 0.4) is 0 Å². The number of hydrogen-bond donors (Lipinski definition) is 1. The van der Waals surface area contributed by atoms with Crippen molar-refractivity contribution in [2.24, 2.45) is 0 Å². The molecule has 138 valence electrons. The maximum Gasteiger partial charge on any atom is 0.225 e. The number of nitrogens with one attached hydrogen (secondary N) is 1. The van der Waals surface area contributed by atoms with Crippen molar-refractivity contribution in [2.45, 2.75) is 31.5 Å². The van der Waals surface area contributed by atoms with Crippen molar-refractivity contribution < 1.29 is 9.53 Å². The number of fused-ring (bicyclic) bond motifs is 1. The molecule has 0 bridgehead atoms. The van der Waals surface area contributed by atoms with Crippen molar-refractivity contribution in [2.75, 3.05) is 19.8 Å². The van der Waals surface area contributed by atoms with Gasteiger partial charge in [-0.1, -0.05) is 54.6 Å². The summed E-state index contributed by atoms with van der Waals surface area (Å²) in [5.41, 5.74) is 3.81. The number of nitrogens with zero attached hydrogens (tertiary/aromatic N) is 1. The van der Waals surface area contributed by atoms with Crippen LogP contribution >= 0.6 is 12.4 Å². The van der Waals surface area contributed by atoms with Crippen LogP contribution in [0.15, 0.2) is 54.6 Å². The molecule has 2 heterocycles. The third-order valence-corrected chi connectivity index (χ3v) is 5.17. The smallest absolute Gasteiger partial charge is 0.225 e. The van der Waals surface area contributed by atoms with Gasteiger partial charge in [0.25, 0.3) is 0 Å². The van der Waals surface area contributed by atoms with Gasteiger partial charge in [-0.2, -0.15) is 0 Å². The number of rotatable bonds is 3. The number of morpholine rings is 1. The molecule has 2 aliphatic rings. The zero-order valence-corrected chi connectivity index (χ0v) is 15.6. The summed E-state index contributed by atoms with van der Waals surface area (Å²) in [6, 6.07) is 19.1. The number of ether oxygens (including phenoxy) is 1. The Balaban J connectivity index is 0.00000196. The standard InChI is InChI=1S/C21H24N2O2.ClH/c24-21(13-19-15-25-11-10-22-19)23-14-18-9-5-4-8-17(18)12-20(23)16-6-2-1-3-7-16;/h1-9,19-20,22H,10-15H2;1H. The minimum Gasteiger partial charge on any atom is -0.378 e. The SMILES string of the molecule is Cl.O=C(CC1COCCN1)N1Cc2ccccc2CC1c1ccccc1. The van der Waals surface area contributed by atoms with Crippen LogP contribution in [-0.4, -0.2) is 36.6 Å². The first-order chi connectivity index (χ1) is 12.3. The topological polar surface area (TPSA) is 41.6 Å². The molecule has 0 aromatic heterocycles. The van der Waals surface area contributed by atoms with E-state index >= 15 is 0 Å². The van der Waals surface area contributed by atoms with Crippen LogP contribution in [0.1, 0.15) is 29.2 Å². The minimum absolute atomic E-state index is 0. The van der Waals surface area contributed by atoms with Gasteiger partial charge in [-0.25, -0.2) is 0 Å². The second kappa shape index (κ2) is 8.67. The molecule has 4 nitrogen and oxygen atoms in total.